The first kappa shape index (κ1) is 18.6. The van der Waals surface area contributed by atoms with Crippen molar-refractivity contribution in [3.63, 3.8) is 0 Å². The molecule has 4 rings (SSSR count). The highest BCUT2D eigenvalue weighted by Crippen LogP contribution is 2.33. The molecule has 142 valence electrons. The Morgan fingerprint density at radius 1 is 1.04 bits per heavy atom. The third kappa shape index (κ3) is 3.66. The lowest BCUT2D eigenvalue weighted by Gasteiger charge is -2.43. The monoisotopic (exact) mass is 452 g/mol. The van der Waals surface area contributed by atoms with Gasteiger partial charge in [0.2, 0.25) is 5.91 Å². The topological polar surface area (TPSA) is 57.7 Å². The number of nitrogens with zero attached hydrogens (tertiary/aromatic N) is 2. The van der Waals surface area contributed by atoms with Crippen molar-refractivity contribution >= 4 is 37.4 Å². The molecular weight excluding hydrogens is 435 g/mol. The third-order valence-corrected chi connectivity index (χ3v) is 7.36. The number of hydrogen-bond donors (Lipinski definition) is 0. The molecule has 0 N–H and O–H groups in total. The highest BCUT2D eigenvalue weighted by molar-refractivity contribution is 9.10. The van der Waals surface area contributed by atoms with Crippen molar-refractivity contribution in [3.8, 4) is 0 Å². The highest BCUT2D eigenvalue weighted by atomic mass is 79.9. The summed E-state index contributed by atoms with van der Waals surface area (Å²) in [5.74, 6) is -0.621. The van der Waals surface area contributed by atoms with Gasteiger partial charge in [-0.2, -0.15) is 0 Å². The van der Waals surface area contributed by atoms with Gasteiger partial charge in [-0.15, -0.1) is 0 Å². The van der Waals surface area contributed by atoms with Crippen molar-refractivity contribution in [1.29, 1.82) is 0 Å². The first-order valence-electron chi connectivity index (χ1n) is 8.59. The number of carbonyl (C=O) groups excluding carboxylic acids is 1. The van der Waals surface area contributed by atoms with E-state index in [2.05, 4.69) is 15.9 Å². The van der Waals surface area contributed by atoms with Gasteiger partial charge in [0.1, 0.15) is 5.82 Å². The van der Waals surface area contributed by atoms with Crippen molar-refractivity contribution in [2.24, 2.45) is 0 Å². The zero-order valence-corrected chi connectivity index (χ0v) is 16.8. The molecule has 2 fully saturated rings. The van der Waals surface area contributed by atoms with E-state index in [9.17, 15) is 17.6 Å². The predicted octanol–water partition coefficient (Wildman–Crippen LogP) is 2.60. The lowest BCUT2D eigenvalue weighted by Crippen LogP contribution is -2.61. The number of halogens is 2. The Labute approximate surface area is 165 Å². The van der Waals surface area contributed by atoms with Crippen LogP contribution < -0.4 is 4.90 Å². The molecule has 1 amide bonds. The summed E-state index contributed by atoms with van der Waals surface area (Å²) in [5, 5.41) is 0. The van der Waals surface area contributed by atoms with E-state index in [1.807, 2.05) is 12.1 Å². The molecule has 2 aliphatic rings. The molecule has 8 heteroatoms. The first-order valence-corrected chi connectivity index (χ1v) is 11.2. The van der Waals surface area contributed by atoms with Crippen LogP contribution in [0.4, 0.5) is 10.1 Å². The minimum Gasteiger partial charge on any atom is -0.306 e. The van der Waals surface area contributed by atoms with E-state index < -0.39 is 15.9 Å². The molecule has 27 heavy (non-hydrogen) atoms. The Morgan fingerprint density at radius 2 is 1.70 bits per heavy atom. The maximum atomic E-state index is 14.1. The van der Waals surface area contributed by atoms with Crippen molar-refractivity contribution in [2.75, 3.05) is 23.0 Å². The smallest absolute Gasteiger partial charge is 0.241 e. The molecule has 5 nitrogen and oxygen atoms in total. The molecule has 0 aliphatic carbocycles. The van der Waals surface area contributed by atoms with Gasteiger partial charge in [0, 0.05) is 28.3 Å². The summed E-state index contributed by atoms with van der Waals surface area (Å²) in [7, 11) is -3.28. The standard InChI is InChI=1S/C19H18BrFN2O3S/c20-14-5-7-15(8-6-14)23-18-12-27(25,26)11-17(18)22(10-19(23)24)9-13-3-1-2-4-16(13)21/h1-8,17-18H,9-12H2/t17-,18+/m1/s1. The van der Waals surface area contributed by atoms with Crippen LogP contribution in [0.1, 0.15) is 5.56 Å². The average molecular weight is 453 g/mol. The second-order valence-electron chi connectivity index (χ2n) is 6.95. The Hall–Kier alpha value is -1.77. The number of fused-ring (bicyclic) bond motifs is 1. The molecule has 0 spiro atoms. The number of carbonyl (C=O) groups is 1. The van der Waals surface area contributed by atoms with Crippen LogP contribution in [0.5, 0.6) is 0 Å². The summed E-state index contributed by atoms with van der Waals surface area (Å²) in [6.45, 7) is 0.268. The minimum absolute atomic E-state index is 0.0214. The van der Waals surface area contributed by atoms with E-state index in [0.29, 0.717) is 11.3 Å². The maximum Gasteiger partial charge on any atom is 0.241 e. The summed E-state index contributed by atoms with van der Waals surface area (Å²) >= 11 is 3.37. The molecule has 0 radical (unpaired) electrons. The second kappa shape index (κ2) is 7.00. The second-order valence-corrected chi connectivity index (χ2v) is 10.0. The molecule has 0 saturated carbocycles. The molecule has 0 aromatic heterocycles. The summed E-state index contributed by atoms with van der Waals surface area (Å²) in [5.41, 5.74) is 1.14. The van der Waals surface area contributed by atoms with Gasteiger partial charge in [-0.3, -0.25) is 9.69 Å². The summed E-state index contributed by atoms with van der Waals surface area (Å²) in [6.07, 6.45) is 0. The first-order chi connectivity index (χ1) is 12.8. The molecule has 2 atom stereocenters. The molecule has 0 bridgehead atoms. The van der Waals surface area contributed by atoms with Crippen LogP contribution in [-0.2, 0) is 21.2 Å². The van der Waals surface area contributed by atoms with Gasteiger partial charge in [0.15, 0.2) is 9.84 Å². The fourth-order valence-corrected chi connectivity index (χ4v) is 6.16. The van der Waals surface area contributed by atoms with Gasteiger partial charge in [0.25, 0.3) is 0 Å². The number of amides is 1. The molecule has 0 unspecified atom stereocenters. The Kier molecular flexibility index (Phi) is 4.82. The molecule has 2 aromatic rings. The molecular formula is C19H18BrFN2O3S. The van der Waals surface area contributed by atoms with Crippen LogP contribution in [0, 0.1) is 5.82 Å². The zero-order valence-electron chi connectivity index (χ0n) is 14.4. The Balaban J connectivity index is 1.68. The van der Waals surface area contributed by atoms with E-state index in [-0.39, 0.29) is 42.4 Å². The van der Waals surface area contributed by atoms with Gasteiger partial charge < -0.3 is 4.90 Å². The normalized spacial score (nSPS) is 24.8. The number of piperazine rings is 1. The van der Waals surface area contributed by atoms with Gasteiger partial charge in [-0.05, 0) is 30.3 Å². The molecule has 2 aromatic carbocycles. The zero-order chi connectivity index (χ0) is 19.2. The quantitative estimate of drug-likeness (QED) is 0.717. The van der Waals surface area contributed by atoms with E-state index in [4.69, 9.17) is 0 Å². The SMILES string of the molecule is O=C1CN(Cc2ccccc2F)[C@@H]2CS(=O)(=O)C[C@@H]2N1c1ccc(Br)cc1. The van der Waals surface area contributed by atoms with Crippen LogP contribution in [0.25, 0.3) is 0 Å². The van der Waals surface area contributed by atoms with E-state index >= 15 is 0 Å². The van der Waals surface area contributed by atoms with Crippen LogP contribution in [0.2, 0.25) is 0 Å². The minimum atomic E-state index is -3.28. The van der Waals surface area contributed by atoms with Crippen LogP contribution >= 0.6 is 15.9 Å². The fourth-order valence-electron chi connectivity index (χ4n) is 3.91. The maximum absolute atomic E-state index is 14.1. The molecule has 2 aliphatic heterocycles. The fraction of sp³-hybridized carbons (Fsp3) is 0.316. The van der Waals surface area contributed by atoms with Crippen LogP contribution in [0.3, 0.4) is 0 Å². The lowest BCUT2D eigenvalue weighted by molar-refractivity contribution is -0.123. The van der Waals surface area contributed by atoms with Gasteiger partial charge in [0.05, 0.1) is 24.1 Å². The van der Waals surface area contributed by atoms with E-state index in [0.717, 1.165) is 4.47 Å². The summed E-state index contributed by atoms with van der Waals surface area (Å²) in [4.78, 5) is 16.3. The van der Waals surface area contributed by atoms with E-state index in [1.54, 1.807) is 40.1 Å². The van der Waals surface area contributed by atoms with Crippen molar-refractivity contribution < 1.29 is 17.6 Å². The number of anilines is 1. The molecule has 2 saturated heterocycles. The van der Waals surface area contributed by atoms with Crippen LogP contribution in [-0.4, -0.2) is 49.4 Å². The number of rotatable bonds is 3. The van der Waals surface area contributed by atoms with Crippen molar-refractivity contribution in [3.05, 3.63) is 64.4 Å². The van der Waals surface area contributed by atoms with Crippen molar-refractivity contribution in [1.82, 2.24) is 4.90 Å². The van der Waals surface area contributed by atoms with Gasteiger partial charge in [-0.25, -0.2) is 12.8 Å². The lowest BCUT2D eigenvalue weighted by atomic mass is 10.0. The van der Waals surface area contributed by atoms with Gasteiger partial charge in [-0.1, -0.05) is 34.1 Å². The Morgan fingerprint density at radius 3 is 2.41 bits per heavy atom. The largest absolute Gasteiger partial charge is 0.306 e. The predicted molar refractivity (Wildman–Crippen MR) is 105 cm³/mol. The Bertz CT molecular complexity index is 981. The summed E-state index contributed by atoms with van der Waals surface area (Å²) in [6, 6.07) is 12.8. The summed E-state index contributed by atoms with van der Waals surface area (Å²) < 4.78 is 39.7. The average Bonchev–Trinajstić information content (AvgIpc) is 2.93. The van der Waals surface area contributed by atoms with E-state index in [1.165, 1.54) is 6.07 Å². The molecule has 2 heterocycles. The van der Waals surface area contributed by atoms with Crippen molar-refractivity contribution in [2.45, 2.75) is 18.6 Å². The number of benzene rings is 2. The number of sulfone groups is 1. The van der Waals surface area contributed by atoms with Gasteiger partial charge >= 0.3 is 0 Å². The number of hydrogen-bond acceptors (Lipinski definition) is 4. The highest BCUT2D eigenvalue weighted by Gasteiger charge is 2.49. The van der Waals surface area contributed by atoms with Crippen LogP contribution in [0.15, 0.2) is 53.0 Å². The third-order valence-electron chi connectivity index (χ3n) is 5.14.